The Hall–Kier alpha value is -4.40. The third-order valence-corrected chi connectivity index (χ3v) is 5.40. The molecule has 1 aliphatic rings. The lowest BCUT2D eigenvalue weighted by Crippen LogP contribution is -2.23. The topological polar surface area (TPSA) is 103 Å². The van der Waals surface area contributed by atoms with Gasteiger partial charge in [-0.25, -0.2) is 4.98 Å². The minimum absolute atomic E-state index is 0.136. The second-order valence-electron chi connectivity index (χ2n) is 7.42. The van der Waals surface area contributed by atoms with Crippen molar-refractivity contribution in [1.82, 2.24) is 4.98 Å². The molecular weight excluding hydrogens is 430 g/mol. The lowest BCUT2D eigenvalue weighted by atomic mass is 10.0. The van der Waals surface area contributed by atoms with E-state index < -0.39 is 18.2 Å². The van der Waals surface area contributed by atoms with Crippen LogP contribution in [0.25, 0.3) is 22.2 Å². The Morgan fingerprint density at radius 2 is 1.91 bits per heavy atom. The van der Waals surface area contributed by atoms with Gasteiger partial charge >= 0.3 is 6.43 Å². The largest absolute Gasteiger partial charge is 0.446 e. The van der Waals surface area contributed by atoms with E-state index in [0.717, 1.165) is 22.1 Å². The smallest absolute Gasteiger partial charge is 0.312 e. The lowest BCUT2D eigenvalue weighted by Gasteiger charge is -2.20. The van der Waals surface area contributed by atoms with E-state index in [9.17, 15) is 13.6 Å². The molecule has 1 aliphatic heterocycles. The fourth-order valence-corrected chi connectivity index (χ4v) is 3.81. The maximum atomic E-state index is 13.3. The van der Waals surface area contributed by atoms with Crippen LogP contribution in [0, 0.1) is 10.8 Å². The molecule has 164 valence electrons. The monoisotopic (exact) mass is 446 g/mol. The zero-order chi connectivity index (χ0) is 23.1. The van der Waals surface area contributed by atoms with Gasteiger partial charge in [0.15, 0.2) is 0 Å². The van der Waals surface area contributed by atoms with Crippen LogP contribution < -0.4 is 4.90 Å². The lowest BCUT2D eigenvalue weighted by molar-refractivity contribution is 0.0996. The summed E-state index contributed by atoms with van der Waals surface area (Å²) >= 11 is 0. The van der Waals surface area contributed by atoms with E-state index in [2.05, 4.69) is 9.72 Å². The summed E-state index contributed by atoms with van der Waals surface area (Å²) in [5.74, 6) is -2.21. The van der Waals surface area contributed by atoms with Crippen molar-refractivity contribution in [3.05, 3.63) is 83.7 Å². The fourth-order valence-electron chi connectivity index (χ4n) is 3.81. The van der Waals surface area contributed by atoms with Crippen molar-refractivity contribution in [3.63, 3.8) is 0 Å². The van der Waals surface area contributed by atoms with Gasteiger partial charge in [0.05, 0.1) is 18.5 Å². The maximum Gasteiger partial charge on any atom is 0.312 e. The van der Waals surface area contributed by atoms with Gasteiger partial charge in [-0.05, 0) is 35.9 Å². The number of carbonyl (C=O) groups excluding carboxylic acids is 1. The highest BCUT2D eigenvalue weighted by Gasteiger charge is 2.31. The SMILES string of the molecule is N=C(OC(=N)C(F)F)c1ccc2c(c1)C(=O)N(c1ccccc1-c1cnc3occc3c1)C2. The number of halogens is 2. The number of nitrogens with one attached hydrogen (secondary N) is 2. The molecule has 2 N–H and O–H groups in total. The summed E-state index contributed by atoms with van der Waals surface area (Å²) in [7, 11) is 0. The first kappa shape index (κ1) is 20.5. The van der Waals surface area contributed by atoms with Gasteiger partial charge < -0.3 is 14.1 Å². The number of hydrogen-bond acceptors (Lipinski definition) is 6. The average molecular weight is 446 g/mol. The van der Waals surface area contributed by atoms with Crippen LogP contribution in [0.5, 0.6) is 0 Å². The van der Waals surface area contributed by atoms with Gasteiger partial charge in [-0.1, -0.05) is 24.3 Å². The Kier molecular flexibility index (Phi) is 4.93. The molecule has 0 bridgehead atoms. The van der Waals surface area contributed by atoms with Gasteiger partial charge in [0.25, 0.3) is 11.8 Å². The molecule has 0 aliphatic carbocycles. The Bertz CT molecular complexity index is 1430. The van der Waals surface area contributed by atoms with Crippen molar-refractivity contribution >= 4 is 34.5 Å². The molecule has 3 heterocycles. The number of ether oxygens (including phenoxy) is 1. The summed E-state index contributed by atoms with van der Waals surface area (Å²) in [5.41, 5.74) is 4.08. The molecule has 7 nitrogen and oxygen atoms in total. The van der Waals surface area contributed by atoms with E-state index in [4.69, 9.17) is 15.2 Å². The van der Waals surface area contributed by atoms with Gasteiger partial charge in [0.2, 0.25) is 11.6 Å². The van der Waals surface area contributed by atoms with Crippen molar-refractivity contribution in [2.24, 2.45) is 0 Å². The van der Waals surface area contributed by atoms with E-state index in [1.807, 2.05) is 36.4 Å². The van der Waals surface area contributed by atoms with Crippen LogP contribution in [0.1, 0.15) is 21.5 Å². The molecule has 0 radical (unpaired) electrons. The standard InChI is InChI=1S/C24H16F2N4O3/c25-20(26)22(28)33-21(27)13-5-6-15-12-30(24(31)18(15)10-13)19-4-2-1-3-17(19)16-9-14-7-8-32-23(14)29-11-16/h1-11,20,27-28H,12H2. The number of pyridine rings is 1. The Balaban J connectivity index is 1.47. The Morgan fingerprint density at radius 3 is 2.73 bits per heavy atom. The molecule has 2 aromatic carbocycles. The minimum atomic E-state index is -3.12. The summed E-state index contributed by atoms with van der Waals surface area (Å²) in [5, 5.41) is 15.8. The number of carbonyl (C=O) groups is 1. The highest BCUT2D eigenvalue weighted by molar-refractivity contribution is 6.13. The van der Waals surface area contributed by atoms with E-state index in [1.54, 1.807) is 23.4 Å². The van der Waals surface area contributed by atoms with Crippen LogP contribution in [0.4, 0.5) is 14.5 Å². The molecule has 0 atom stereocenters. The Labute approximate surface area is 186 Å². The van der Waals surface area contributed by atoms with Crippen LogP contribution in [0.15, 0.2) is 71.5 Å². The van der Waals surface area contributed by atoms with Crippen molar-refractivity contribution in [1.29, 1.82) is 10.8 Å². The molecule has 2 aromatic heterocycles. The van der Waals surface area contributed by atoms with Crippen molar-refractivity contribution in [3.8, 4) is 11.1 Å². The summed E-state index contributed by atoms with van der Waals surface area (Å²) < 4.78 is 35.0. The molecule has 1 amide bonds. The van der Waals surface area contributed by atoms with Crippen LogP contribution in [0.2, 0.25) is 0 Å². The fraction of sp³-hybridized carbons (Fsp3) is 0.0833. The van der Waals surface area contributed by atoms with Gasteiger partial charge in [-0.2, -0.15) is 8.78 Å². The van der Waals surface area contributed by atoms with Crippen LogP contribution >= 0.6 is 0 Å². The number of rotatable bonds is 4. The van der Waals surface area contributed by atoms with Gasteiger partial charge in [-0.3, -0.25) is 15.6 Å². The first-order chi connectivity index (χ1) is 15.9. The van der Waals surface area contributed by atoms with Gasteiger partial charge in [0, 0.05) is 33.8 Å². The number of amides is 1. The molecule has 0 unspecified atom stereocenters. The number of para-hydroxylation sites is 1. The molecule has 5 rings (SSSR count). The number of anilines is 1. The number of furan rings is 1. The number of hydrogen-bond donors (Lipinski definition) is 2. The normalized spacial score (nSPS) is 12.9. The molecule has 0 fully saturated rings. The molecule has 0 saturated carbocycles. The van der Waals surface area contributed by atoms with Gasteiger partial charge in [-0.15, -0.1) is 0 Å². The summed E-state index contributed by atoms with van der Waals surface area (Å²) in [6.07, 6.45) is 0.132. The second-order valence-corrected chi connectivity index (χ2v) is 7.42. The predicted molar refractivity (Wildman–Crippen MR) is 118 cm³/mol. The summed E-state index contributed by atoms with van der Waals surface area (Å²) in [6.45, 7) is 0.313. The second kappa shape index (κ2) is 7.94. The number of aromatic nitrogens is 1. The number of fused-ring (bicyclic) bond motifs is 2. The molecule has 0 saturated heterocycles. The highest BCUT2D eigenvalue weighted by Crippen LogP contribution is 2.37. The van der Waals surface area contributed by atoms with E-state index in [-0.39, 0.29) is 11.5 Å². The first-order valence-electron chi connectivity index (χ1n) is 9.93. The molecule has 4 aromatic rings. The highest BCUT2D eigenvalue weighted by atomic mass is 19.3. The summed E-state index contributed by atoms with van der Waals surface area (Å²) in [4.78, 5) is 19.2. The van der Waals surface area contributed by atoms with Crippen molar-refractivity contribution in [2.45, 2.75) is 13.0 Å². The van der Waals surface area contributed by atoms with Gasteiger partial charge in [0.1, 0.15) is 0 Å². The molecule has 0 spiro atoms. The first-order valence-corrected chi connectivity index (χ1v) is 9.93. The minimum Gasteiger partial charge on any atom is -0.446 e. The summed E-state index contributed by atoms with van der Waals surface area (Å²) in [6, 6.07) is 15.8. The number of alkyl halides is 2. The van der Waals surface area contributed by atoms with E-state index in [0.29, 0.717) is 23.5 Å². The molecule has 33 heavy (non-hydrogen) atoms. The average Bonchev–Trinajstić information content (AvgIpc) is 3.42. The van der Waals surface area contributed by atoms with Crippen molar-refractivity contribution < 1.29 is 22.7 Å². The molecular formula is C24H16F2N4O3. The zero-order valence-electron chi connectivity index (χ0n) is 17.0. The van der Waals surface area contributed by atoms with E-state index in [1.165, 1.54) is 12.1 Å². The third kappa shape index (κ3) is 3.63. The molecule has 9 heteroatoms. The van der Waals surface area contributed by atoms with E-state index >= 15 is 0 Å². The zero-order valence-corrected chi connectivity index (χ0v) is 17.0. The number of nitrogens with zero attached hydrogens (tertiary/aromatic N) is 2. The van der Waals surface area contributed by atoms with Crippen molar-refractivity contribution in [2.75, 3.05) is 4.90 Å². The van der Waals surface area contributed by atoms with Crippen LogP contribution in [-0.4, -0.2) is 29.1 Å². The van der Waals surface area contributed by atoms with Crippen LogP contribution in [-0.2, 0) is 11.3 Å². The predicted octanol–water partition coefficient (Wildman–Crippen LogP) is 5.24. The Morgan fingerprint density at radius 1 is 1.09 bits per heavy atom. The van der Waals surface area contributed by atoms with Crippen LogP contribution in [0.3, 0.4) is 0 Å². The quantitative estimate of drug-likeness (QED) is 0.330. The number of benzene rings is 2. The third-order valence-electron chi connectivity index (χ3n) is 5.40. The maximum absolute atomic E-state index is 13.3.